The first kappa shape index (κ1) is 15.8. The number of amides is 2. The maximum atomic E-state index is 11.8. The van der Waals surface area contributed by atoms with E-state index in [1.54, 1.807) is 11.9 Å². The third kappa shape index (κ3) is 5.46. The number of aliphatic carboxylic acids is 1. The van der Waals surface area contributed by atoms with Crippen LogP contribution in [0.5, 0.6) is 0 Å². The summed E-state index contributed by atoms with van der Waals surface area (Å²) in [6, 6.07) is -0.136. The van der Waals surface area contributed by atoms with Crippen molar-refractivity contribution >= 4 is 12.0 Å². The molecule has 0 radical (unpaired) electrons. The second kappa shape index (κ2) is 7.33. The predicted octanol–water partition coefficient (Wildman–Crippen LogP) is 1.31. The lowest BCUT2D eigenvalue weighted by atomic mass is 10.1. The second-order valence-electron chi connectivity index (χ2n) is 5.45. The zero-order valence-corrected chi connectivity index (χ0v) is 11.9. The van der Waals surface area contributed by atoms with Crippen molar-refractivity contribution in [1.29, 1.82) is 0 Å². The van der Waals surface area contributed by atoms with Gasteiger partial charge in [-0.25, -0.2) is 9.59 Å². The number of carboxylic acids is 1. The van der Waals surface area contributed by atoms with Crippen LogP contribution >= 0.6 is 0 Å². The topological polar surface area (TPSA) is 78.9 Å². The van der Waals surface area contributed by atoms with Gasteiger partial charge in [-0.1, -0.05) is 13.8 Å². The maximum absolute atomic E-state index is 11.8. The van der Waals surface area contributed by atoms with E-state index < -0.39 is 12.1 Å². The molecule has 0 aromatic heterocycles. The van der Waals surface area contributed by atoms with Crippen LogP contribution < -0.4 is 5.32 Å². The van der Waals surface area contributed by atoms with E-state index >= 15 is 0 Å². The van der Waals surface area contributed by atoms with Gasteiger partial charge in [0.1, 0.15) is 0 Å². The number of urea groups is 1. The van der Waals surface area contributed by atoms with Crippen LogP contribution in [0.3, 0.4) is 0 Å². The number of ether oxygens (including phenoxy) is 1. The monoisotopic (exact) mass is 272 g/mol. The van der Waals surface area contributed by atoms with Gasteiger partial charge in [0.25, 0.3) is 0 Å². The Bertz CT molecular complexity index is 320. The molecule has 1 fully saturated rings. The van der Waals surface area contributed by atoms with Gasteiger partial charge in [0, 0.05) is 20.1 Å². The fraction of sp³-hybridized carbons (Fsp3) is 0.846. The molecule has 2 unspecified atom stereocenters. The van der Waals surface area contributed by atoms with E-state index in [1.165, 1.54) is 0 Å². The third-order valence-electron chi connectivity index (χ3n) is 3.25. The molecule has 0 bridgehead atoms. The number of carboxylic acid groups (broad SMARTS) is 1. The van der Waals surface area contributed by atoms with Gasteiger partial charge < -0.3 is 20.1 Å². The molecule has 0 aromatic rings. The predicted molar refractivity (Wildman–Crippen MR) is 71.0 cm³/mol. The van der Waals surface area contributed by atoms with Crippen molar-refractivity contribution in [1.82, 2.24) is 10.2 Å². The van der Waals surface area contributed by atoms with E-state index in [0.717, 1.165) is 6.42 Å². The number of nitrogens with one attached hydrogen (secondary N) is 1. The first-order chi connectivity index (χ1) is 8.90. The average molecular weight is 272 g/mol. The van der Waals surface area contributed by atoms with Crippen molar-refractivity contribution in [3.05, 3.63) is 0 Å². The SMILES string of the molecule is CC(C)CCN(C)C(=O)NCC1CCC(C(=O)O)O1. The smallest absolute Gasteiger partial charge is 0.332 e. The molecule has 0 saturated carbocycles. The number of carbonyl (C=O) groups is 2. The molecule has 6 heteroatoms. The zero-order valence-electron chi connectivity index (χ0n) is 11.9. The van der Waals surface area contributed by atoms with Crippen LogP contribution in [0.1, 0.15) is 33.1 Å². The van der Waals surface area contributed by atoms with Crippen molar-refractivity contribution in [2.24, 2.45) is 5.92 Å². The summed E-state index contributed by atoms with van der Waals surface area (Å²) in [7, 11) is 1.76. The molecule has 6 nitrogen and oxygen atoms in total. The molecule has 110 valence electrons. The molecular formula is C13H24N2O4. The Labute approximate surface area is 114 Å². The van der Waals surface area contributed by atoms with Crippen molar-refractivity contribution < 1.29 is 19.4 Å². The molecule has 2 atom stereocenters. The molecule has 1 aliphatic rings. The summed E-state index contributed by atoms with van der Waals surface area (Å²) in [6.07, 6.45) is 1.24. The summed E-state index contributed by atoms with van der Waals surface area (Å²) in [5.74, 6) is -0.368. The van der Waals surface area contributed by atoms with Crippen molar-refractivity contribution in [3.63, 3.8) is 0 Å². The summed E-state index contributed by atoms with van der Waals surface area (Å²) < 4.78 is 5.32. The van der Waals surface area contributed by atoms with Crippen molar-refractivity contribution in [2.75, 3.05) is 20.1 Å². The van der Waals surface area contributed by atoms with E-state index in [0.29, 0.717) is 31.8 Å². The molecule has 1 rings (SSSR count). The molecule has 1 saturated heterocycles. The lowest BCUT2D eigenvalue weighted by Crippen LogP contribution is -2.41. The molecule has 2 N–H and O–H groups in total. The summed E-state index contributed by atoms with van der Waals surface area (Å²) in [4.78, 5) is 24.1. The highest BCUT2D eigenvalue weighted by Crippen LogP contribution is 2.19. The fourth-order valence-electron chi connectivity index (χ4n) is 1.93. The number of hydrogen-bond donors (Lipinski definition) is 2. The number of hydrogen-bond acceptors (Lipinski definition) is 3. The minimum Gasteiger partial charge on any atom is -0.479 e. The highest BCUT2D eigenvalue weighted by Gasteiger charge is 2.30. The minimum absolute atomic E-state index is 0.136. The Morgan fingerprint density at radius 2 is 2.11 bits per heavy atom. The van der Waals surface area contributed by atoms with Crippen LogP contribution in [0.15, 0.2) is 0 Å². The average Bonchev–Trinajstić information content (AvgIpc) is 2.81. The largest absolute Gasteiger partial charge is 0.479 e. The van der Waals surface area contributed by atoms with Crippen LogP contribution in [-0.2, 0) is 9.53 Å². The van der Waals surface area contributed by atoms with Crippen LogP contribution in [0.2, 0.25) is 0 Å². The summed E-state index contributed by atoms with van der Waals surface area (Å²) in [5.41, 5.74) is 0. The zero-order chi connectivity index (χ0) is 14.4. The fourth-order valence-corrected chi connectivity index (χ4v) is 1.93. The summed E-state index contributed by atoms with van der Waals surface area (Å²) in [5, 5.41) is 11.6. The van der Waals surface area contributed by atoms with Gasteiger partial charge >= 0.3 is 12.0 Å². The Hall–Kier alpha value is -1.30. The molecule has 1 aliphatic heterocycles. The Morgan fingerprint density at radius 1 is 1.42 bits per heavy atom. The number of rotatable bonds is 6. The van der Waals surface area contributed by atoms with Gasteiger partial charge in [-0.05, 0) is 25.2 Å². The lowest BCUT2D eigenvalue weighted by Gasteiger charge is -2.20. The van der Waals surface area contributed by atoms with E-state index in [-0.39, 0.29) is 12.1 Å². The van der Waals surface area contributed by atoms with Crippen LogP contribution in [0.25, 0.3) is 0 Å². The Kier molecular flexibility index (Phi) is 6.08. The first-order valence-electron chi connectivity index (χ1n) is 6.77. The van der Waals surface area contributed by atoms with Crippen molar-refractivity contribution in [3.8, 4) is 0 Å². The number of nitrogens with zero attached hydrogens (tertiary/aromatic N) is 1. The molecule has 1 heterocycles. The van der Waals surface area contributed by atoms with Gasteiger partial charge in [-0.2, -0.15) is 0 Å². The molecular weight excluding hydrogens is 248 g/mol. The quantitative estimate of drug-likeness (QED) is 0.764. The molecule has 2 amide bonds. The Balaban J connectivity index is 2.21. The van der Waals surface area contributed by atoms with E-state index in [2.05, 4.69) is 19.2 Å². The molecule has 19 heavy (non-hydrogen) atoms. The van der Waals surface area contributed by atoms with E-state index in [9.17, 15) is 9.59 Å². The van der Waals surface area contributed by atoms with Gasteiger partial charge in [0.15, 0.2) is 6.10 Å². The van der Waals surface area contributed by atoms with E-state index in [4.69, 9.17) is 9.84 Å². The molecule has 0 aliphatic carbocycles. The van der Waals surface area contributed by atoms with Gasteiger partial charge in [-0.15, -0.1) is 0 Å². The van der Waals surface area contributed by atoms with Crippen LogP contribution in [-0.4, -0.2) is 54.4 Å². The lowest BCUT2D eigenvalue weighted by molar-refractivity contribution is -0.149. The summed E-state index contributed by atoms with van der Waals surface area (Å²) >= 11 is 0. The van der Waals surface area contributed by atoms with Gasteiger partial charge in [0.2, 0.25) is 0 Å². The van der Waals surface area contributed by atoms with E-state index in [1.807, 2.05) is 0 Å². The normalized spacial score (nSPS) is 22.5. The highest BCUT2D eigenvalue weighted by molar-refractivity contribution is 5.74. The second-order valence-corrected chi connectivity index (χ2v) is 5.45. The third-order valence-corrected chi connectivity index (χ3v) is 3.25. The van der Waals surface area contributed by atoms with Crippen LogP contribution in [0, 0.1) is 5.92 Å². The van der Waals surface area contributed by atoms with Crippen LogP contribution in [0.4, 0.5) is 4.79 Å². The minimum atomic E-state index is -0.928. The highest BCUT2D eigenvalue weighted by atomic mass is 16.5. The Morgan fingerprint density at radius 3 is 2.63 bits per heavy atom. The molecule has 0 spiro atoms. The number of carbonyl (C=O) groups excluding carboxylic acids is 1. The standard InChI is InChI=1S/C13H24N2O4/c1-9(2)6-7-15(3)13(18)14-8-10-4-5-11(19-10)12(16)17/h9-11H,4-8H2,1-3H3,(H,14,18)(H,16,17). The van der Waals surface area contributed by atoms with Crippen molar-refractivity contribution in [2.45, 2.75) is 45.3 Å². The van der Waals surface area contributed by atoms with Gasteiger partial charge in [-0.3, -0.25) is 0 Å². The summed E-state index contributed by atoms with van der Waals surface area (Å²) in [6.45, 7) is 5.32. The van der Waals surface area contributed by atoms with Gasteiger partial charge in [0.05, 0.1) is 6.10 Å². The first-order valence-corrected chi connectivity index (χ1v) is 6.77. The molecule has 0 aromatic carbocycles. The maximum Gasteiger partial charge on any atom is 0.332 e.